The molecule has 0 saturated carbocycles. The number of aromatic amines is 1. The highest BCUT2D eigenvalue weighted by Gasteiger charge is 2.14. The average molecular weight is 407 g/mol. The number of aromatic hydroxyl groups is 1. The van der Waals surface area contributed by atoms with E-state index >= 15 is 0 Å². The second kappa shape index (κ2) is 7.01. The molecule has 2 aromatic carbocycles. The topological polar surface area (TPSA) is 117 Å². The molecular weight excluding hydrogens is 392 g/mol. The zero-order valence-electron chi connectivity index (χ0n) is 14.3. The summed E-state index contributed by atoms with van der Waals surface area (Å²) in [5, 5.41) is 21.0. The highest BCUT2D eigenvalue weighted by molar-refractivity contribution is 7.90. The molecule has 0 fully saturated rings. The Labute approximate surface area is 159 Å². The molecule has 0 unspecified atom stereocenters. The van der Waals surface area contributed by atoms with Crippen LogP contribution >= 0.6 is 11.6 Å². The minimum absolute atomic E-state index is 0.0152. The summed E-state index contributed by atoms with van der Waals surface area (Å²) in [5.74, 6) is -0.252. The number of H-pyrrole nitrogens is 1. The van der Waals surface area contributed by atoms with Crippen molar-refractivity contribution >= 4 is 32.8 Å². The van der Waals surface area contributed by atoms with Gasteiger partial charge < -0.3 is 5.11 Å². The maximum absolute atomic E-state index is 12.6. The van der Waals surface area contributed by atoms with E-state index in [1.165, 1.54) is 22.9 Å². The van der Waals surface area contributed by atoms with Gasteiger partial charge in [0.2, 0.25) is 0 Å². The Kier molecular flexibility index (Phi) is 4.90. The summed E-state index contributed by atoms with van der Waals surface area (Å²) < 4.78 is 24.6. The van der Waals surface area contributed by atoms with Crippen molar-refractivity contribution in [2.24, 2.45) is 10.2 Å². The second-order valence-corrected chi connectivity index (χ2v) is 8.28. The smallest absolute Gasteiger partial charge is 0.299 e. The SMILES string of the molecule is Cc1[nH]n(-c2ccc(Cl)cc2)c(=O)c1N=Nc1cc(S(C)(=O)=O)ccc1O. The average Bonchev–Trinajstić information content (AvgIpc) is 2.88. The van der Waals surface area contributed by atoms with Crippen LogP contribution in [0, 0.1) is 6.92 Å². The van der Waals surface area contributed by atoms with Crippen molar-refractivity contribution in [3.05, 3.63) is 63.5 Å². The number of azo groups is 1. The Morgan fingerprint density at radius 3 is 2.41 bits per heavy atom. The van der Waals surface area contributed by atoms with Crippen LogP contribution < -0.4 is 5.56 Å². The maximum atomic E-state index is 12.6. The first-order chi connectivity index (χ1) is 12.7. The molecule has 1 heterocycles. The minimum Gasteiger partial charge on any atom is -0.506 e. The number of aryl methyl sites for hydroxylation is 1. The van der Waals surface area contributed by atoms with E-state index in [0.717, 1.165) is 6.26 Å². The molecule has 1 aromatic heterocycles. The Morgan fingerprint density at radius 1 is 1.11 bits per heavy atom. The first-order valence-corrected chi connectivity index (χ1v) is 9.96. The van der Waals surface area contributed by atoms with E-state index in [1.807, 2.05) is 0 Å². The lowest BCUT2D eigenvalue weighted by Gasteiger charge is -2.01. The van der Waals surface area contributed by atoms with Gasteiger partial charge in [-0.25, -0.2) is 13.1 Å². The van der Waals surface area contributed by atoms with E-state index in [4.69, 9.17) is 11.6 Å². The number of phenolic OH excluding ortho intramolecular Hbond substituents is 1. The number of hydrogen-bond acceptors (Lipinski definition) is 6. The van der Waals surface area contributed by atoms with Gasteiger partial charge in [0.05, 0.1) is 16.3 Å². The molecule has 2 N–H and O–H groups in total. The van der Waals surface area contributed by atoms with E-state index in [9.17, 15) is 18.3 Å². The van der Waals surface area contributed by atoms with Crippen LogP contribution in [0.2, 0.25) is 5.02 Å². The molecule has 8 nitrogen and oxygen atoms in total. The standard InChI is InChI=1S/C17H15ClN4O4S/c1-10-16(17(24)22(21-10)12-5-3-11(18)4-6-12)20-19-14-9-13(27(2,25)26)7-8-15(14)23/h3-9,21,23H,1-2H3. The van der Waals surface area contributed by atoms with E-state index in [2.05, 4.69) is 15.3 Å². The normalized spacial score (nSPS) is 12.0. The molecule has 27 heavy (non-hydrogen) atoms. The molecule has 0 aliphatic heterocycles. The third-order valence-corrected chi connectivity index (χ3v) is 5.12. The number of aromatic nitrogens is 2. The minimum atomic E-state index is -3.47. The van der Waals surface area contributed by atoms with Crippen molar-refractivity contribution in [2.75, 3.05) is 6.26 Å². The Hall–Kier alpha value is -2.91. The van der Waals surface area contributed by atoms with E-state index in [1.54, 1.807) is 31.2 Å². The number of sulfone groups is 1. The lowest BCUT2D eigenvalue weighted by Crippen LogP contribution is -2.13. The lowest BCUT2D eigenvalue weighted by atomic mass is 10.3. The molecule has 0 spiro atoms. The van der Waals surface area contributed by atoms with Gasteiger partial charge >= 0.3 is 0 Å². The Morgan fingerprint density at radius 2 is 1.78 bits per heavy atom. The van der Waals surface area contributed by atoms with Crippen molar-refractivity contribution in [1.29, 1.82) is 0 Å². The molecule has 10 heteroatoms. The van der Waals surface area contributed by atoms with Crippen LogP contribution in [0.5, 0.6) is 5.75 Å². The molecule has 0 atom stereocenters. The summed E-state index contributed by atoms with van der Waals surface area (Å²) in [6.07, 6.45) is 1.04. The molecular formula is C17H15ClN4O4S. The summed E-state index contributed by atoms with van der Waals surface area (Å²) in [5.41, 5.74) is 0.552. The zero-order chi connectivity index (χ0) is 19.8. The summed E-state index contributed by atoms with van der Waals surface area (Å²) >= 11 is 5.85. The number of nitrogens with one attached hydrogen (secondary N) is 1. The Bertz CT molecular complexity index is 1190. The highest BCUT2D eigenvalue weighted by Crippen LogP contribution is 2.30. The van der Waals surface area contributed by atoms with Crippen LogP contribution in [0.15, 0.2) is 62.4 Å². The molecule has 0 aliphatic rings. The predicted octanol–water partition coefficient (Wildman–Crippen LogP) is 3.65. The quantitative estimate of drug-likeness (QED) is 0.643. The van der Waals surface area contributed by atoms with Crippen LogP contribution in [-0.4, -0.2) is 29.6 Å². The van der Waals surface area contributed by atoms with Gasteiger partial charge in [-0.2, -0.15) is 0 Å². The maximum Gasteiger partial charge on any atom is 0.299 e. The van der Waals surface area contributed by atoms with Gasteiger partial charge in [-0.05, 0) is 49.4 Å². The van der Waals surface area contributed by atoms with E-state index in [-0.39, 0.29) is 22.0 Å². The molecule has 3 rings (SSSR count). The first-order valence-electron chi connectivity index (χ1n) is 7.69. The van der Waals surface area contributed by atoms with Gasteiger partial charge in [0.25, 0.3) is 5.56 Å². The molecule has 0 saturated heterocycles. The Balaban J connectivity index is 2.02. The van der Waals surface area contributed by atoms with E-state index < -0.39 is 15.4 Å². The van der Waals surface area contributed by atoms with Crippen molar-refractivity contribution in [3.63, 3.8) is 0 Å². The summed E-state index contributed by atoms with van der Waals surface area (Å²) in [6, 6.07) is 10.3. The molecule has 0 aliphatic carbocycles. The third kappa shape index (κ3) is 3.93. The summed E-state index contributed by atoms with van der Waals surface area (Å²) in [6.45, 7) is 1.65. The summed E-state index contributed by atoms with van der Waals surface area (Å²) in [4.78, 5) is 12.6. The number of phenols is 1. The van der Waals surface area contributed by atoms with Crippen LogP contribution in [0.3, 0.4) is 0 Å². The zero-order valence-corrected chi connectivity index (χ0v) is 15.9. The molecule has 0 amide bonds. The van der Waals surface area contributed by atoms with Gasteiger partial charge in [0.1, 0.15) is 11.4 Å². The fourth-order valence-electron chi connectivity index (χ4n) is 2.35. The van der Waals surface area contributed by atoms with Gasteiger partial charge in [0, 0.05) is 11.3 Å². The molecule has 140 valence electrons. The van der Waals surface area contributed by atoms with Gasteiger partial charge in [-0.15, -0.1) is 10.2 Å². The van der Waals surface area contributed by atoms with Crippen molar-refractivity contribution in [1.82, 2.24) is 9.78 Å². The molecule has 0 bridgehead atoms. The van der Waals surface area contributed by atoms with Crippen LogP contribution in [0.4, 0.5) is 11.4 Å². The third-order valence-electron chi connectivity index (χ3n) is 3.76. The van der Waals surface area contributed by atoms with Crippen LogP contribution in [0.25, 0.3) is 5.69 Å². The number of nitrogens with zero attached hydrogens (tertiary/aromatic N) is 3. The highest BCUT2D eigenvalue weighted by atomic mass is 35.5. The fraction of sp³-hybridized carbons (Fsp3) is 0.118. The summed E-state index contributed by atoms with van der Waals surface area (Å²) in [7, 11) is -3.47. The number of benzene rings is 2. The number of halogens is 1. The van der Waals surface area contributed by atoms with Crippen LogP contribution in [-0.2, 0) is 9.84 Å². The van der Waals surface area contributed by atoms with Gasteiger partial charge in [-0.1, -0.05) is 11.6 Å². The number of rotatable bonds is 4. The largest absolute Gasteiger partial charge is 0.506 e. The fourth-order valence-corrected chi connectivity index (χ4v) is 3.11. The molecule has 0 radical (unpaired) electrons. The van der Waals surface area contributed by atoms with Gasteiger partial charge in [0.15, 0.2) is 15.5 Å². The lowest BCUT2D eigenvalue weighted by molar-refractivity contribution is 0.476. The molecule has 3 aromatic rings. The number of hydrogen-bond donors (Lipinski definition) is 2. The van der Waals surface area contributed by atoms with Gasteiger partial charge in [-0.3, -0.25) is 9.89 Å². The van der Waals surface area contributed by atoms with Crippen molar-refractivity contribution in [2.45, 2.75) is 11.8 Å². The van der Waals surface area contributed by atoms with Crippen LogP contribution in [0.1, 0.15) is 5.69 Å². The predicted molar refractivity (Wildman–Crippen MR) is 102 cm³/mol. The van der Waals surface area contributed by atoms with Crippen molar-refractivity contribution in [3.8, 4) is 11.4 Å². The monoisotopic (exact) mass is 406 g/mol. The van der Waals surface area contributed by atoms with E-state index in [0.29, 0.717) is 16.4 Å². The second-order valence-electron chi connectivity index (χ2n) is 5.83. The van der Waals surface area contributed by atoms with Crippen molar-refractivity contribution < 1.29 is 13.5 Å². The first kappa shape index (κ1) is 18.9.